The van der Waals surface area contributed by atoms with Gasteiger partial charge in [0.2, 0.25) is 5.89 Å². The Morgan fingerprint density at radius 2 is 1.87 bits per heavy atom. The maximum absolute atomic E-state index is 14.4. The number of oxazole rings is 1. The topological polar surface area (TPSA) is 83.0 Å². The molecule has 1 aliphatic rings. The summed E-state index contributed by atoms with van der Waals surface area (Å²) in [5.41, 5.74) is 2.88. The van der Waals surface area contributed by atoms with Gasteiger partial charge >= 0.3 is 5.69 Å². The zero-order chi connectivity index (χ0) is 28.1. The highest BCUT2D eigenvalue weighted by molar-refractivity contribution is 6.74. The van der Waals surface area contributed by atoms with E-state index < -0.39 is 19.8 Å². The van der Waals surface area contributed by atoms with E-state index in [2.05, 4.69) is 43.8 Å². The van der Waals surface area contributed by atoms with Gasteiger partial charge in [-0.05, 0) is 79.9 Å². The Hall–Kier alpha value is -3.14. The summed E-state index contributed by atoms with van der Waals surface area (Å²) in [6.07, 6.45) is 3.70. The first-order valence-electron chi connectivity index (χ1n) is 13.0. The standard InChI is InChI=1S/C29H32ClFN4O3Si/c1-17-13-20(16-37-39(5,6)29(2,3)4)32-24(14-17)27-34-26(25(38-27)19-9-10-21(30)22(31)15-19)35-12-11-23(18-7-8-18)33-28(35)36/h9-15,18H,7-8,16H2,1-6H3. The van der Waals surface area contributed by atoms with Crippen LogP contribution in [0.2, 0.25) is 23.2 Å². The number of aromatic nitrogens is 4. The van der Waals surface area contributed by atoms with Gasteiger partial charge in [0.15, 0.2) is 19.9 Å². The second-order valence-electron chi connectivity index (χ2n) is 11.6. The van der Waals surface area contributed by atoms with Crippen molar-refractivity contribution in [3.63, 3.8) is 0 Å². The highest BCUT2D eigenvalue weighted by atomic mass is 35.5. The first-order chi connectivity index (χ1) is 18.3. The van der Waals surface area contributed by atoms with Crippen LogP contribution in [-0.4, -0.2) is 27.8 Å². The van der Waals surface area contributed by atoms with Crippen molar-refractivity contribution in [2.24, 2.45) is 0 Å². The Balaban J connectivity index is 1.58. The van der Waals surface area contributed by atoms with Gasteiger partial charge in [-0.25, -0.2) is 18.7 Å². The Kier molecular flexibility index (Phi) is 7.11. The molecule has 0 aliphatic heterocycles. The molecule has 1 aromatic carbocycles. The first kappa shape index (κ1) is 27.4. The van der Waals surface area contributed by atoms with Crippen molar-refractivity contribution in [3.05, 3.63) is 80.9 Å². The molecular weight excluding hydrogens is 535 g/mol. The number of hydrogen-bond acceptors (Lipinski definition) is 6. The summed E-state index contributed by atoms with van der Waals surface area (Å²) >= 11 is 5.92. The molecule has 4 aromatic rings. The molecule has 0 N–H and O–H groups in total. The van der Waals surface area contributed by atoms with Crippen molar-refractivity contribution in [1.82, 2.24) is 19.5 Å². The zero-order valence-corrected chi connectivity index (χ0v) is 24.8. The molecule has 5 rings (SSSR count). The van der Waals surface area contributed by atoms with Crippen LogP contribution >= 0.6 is 11.6 Å². The molecule has 1 aliphatic carbocycles. The van der Waals surface area contributed by atoms with E-state index in [1.54, 1.807) is 12.3 Å². The zero-order valence-electron chi connectivity index (χ0n) is 23.0. The van der Waals surface area contributed by atoms with Gasteiger partial charge in [0, 0.05) is 17.7 Å². The van der Waals surface area contributed by atoms with Crippen molar-refractivity contribution >= 4 is 19.9 Å². The second kappa shape index (κ2) is 10.1. The molecule has 0 radical (unpaired) electrons. The number of pyridine rings is 1. The average molecular weight is 567 g/mol. The fraction of sp³-hybridized carbons (Fsp3) is 0.379. The van der Waals surface area contributed by atoms with Crippen molar-refractivity contribution < 1.29 is 13.2 Å². The highest BCUT2D eigenvalue weighted by Crippen LogP contribution is 2.39. The molecule has 0 spiro atoms. The van der Waals surface area contributed by atoms with E-state index >= 15 is 0 Å². The summed E-state index contributed by atoms with van der Waals surface area (Å²) < 4.78 is 28.3. The van der Waals surface area contributed by atoms with Crippen molar-refractivity contribution in [1.29, 1.82) is 0 Å². The molecule has 1 saturated carbocycles. The molecule has 39 heavy (non-hydrogen) atoms. The molecular formula is C29H32ClFN4O3Si. The van der Waals surface area contributed by atoms with Crippen molar-refractivity contribution in [2.45, 2.75) is 71.2 Å². The predicted molar refractivity (Wildman–Crippen MR) is 152 cm³/mol. The number of benzene rings is 1. The number of nitrogens with zero attached hydrogens (tertiary/aromatic N) is 4. The maximum atomic E-state index is 14.4. The van der Waals surface area contributed by atoms with Crippen LogP contribution in [0.5, 0.6) is 0 Å². The van der Waals surface area contributed by atoms with E-state index in [-0.39, 0.29) is 27.5 Å². The first-order valence-corrected chi connectivity index (χ1v) is 16.3. The van der Waals surface area contributed by atoms with E-state index in [9.17, 15) is 9.18 Å². The summed E-state index contributed by atoms with van der Waals surface area (Å²) in [4.78, 5) is 26.7. The maximum Gasteiger partial charge on any atom is 0.353 e. The Morgan fingerprint density at radius 3 is 2.51 bits per heavy atom. The van der Waals surface area contributed by atoms with Gasteiger partial charge in [0.1, 0.15) is 11.5 Å². The Morgan fingerprint density at radius 1 is 1.13 bits per heavy atom. The molecule has 3 heterocycles. The minimum Gasteiger partial charge on any atom is -0.432 e. The normalized spacial score (nSPS) is 14.2. The van der Waals surface area contributed by atoms with Gasteiger partial charge < -0.3 is 8.84 Å². The minimum absolute atomic E-state index is 0.0145. The Bertz CT molecular complexity index is 1610. The SMILES string of the molecule is Cc1cc(CO[Si](C)(C)C(C)(C)C)nc(-c2nc(-n3ccc(C4CC4)nc3=O)c(-c3ccc(Cl)c(F)c3)o2)c1. The van der Waals surface area contributed by atoms with Crippen LogP contribution < -0.4 is 5.69 Å². The number of rotatable bonds is 7. The summed E-state index contributed by atoms with van der Waals surface area (Å²) in [7, 11) is -1.99. The molecule has 3 aromatic heterocycles. The summed E-state index contributed by atoms with van der Waals surface area (Å²) in [6.45, 7) is 13.3. The number of aryl methyl sites for hydroxylation is 1. The van der Waals surface area contributed by atoms with Gasteiger partial charge in [-0.1, -0.05) is 32.4 Å². The van der Waals surface area contributed by atoms with Crippen LogP contribution in [0, 0.1) is 12.7 Å². The van der Waals surface area contributed by atoms with Crippen molar-refractivity contribution in [3.8, 4) is 28.7 Å². The lowest BCUT2D eigenvalue weighted by molar-refractivity contribution is 0.272. The molecule has 0 bridgehead atoms. The molecule has 0 saturated heterocycles. The summed E-state index contributed by atoms with van der Waals surface area (Å²) in [5.74, 6) is 0.339. The smallest absolute Gasteiger partial charge is 0.353 e. The van der Waals surface area contributed by atoms with Crippen LogP contribution in [-0.2, 0) is 11.0 Å². The van der Waals surface area contributed by atoms with Crippen LogP contribution in [0.15, 0.2) is 51.8 Å². The van der Waals surface area contributed by atoms with Gasteiger partial charge in [-0.2, -0.15) is 9.97 Å². The van der Waals surface area contributed by atoms with Gasteiger partial charge in [0.25, 0.3) is 0 Å². The lowest BCUT2D eigenvalue weighted by Gasteiger charge is -2.36. The van der Waals surface area contributed by atoms with Crippen LogP contribution in [0.25, 0.3) is 28.7 Å². The van der Waals surface area contributed by atoms with Crippen LogP contribution in [0.3, 0.4) is 0 Å². The van der Waals surface area contributed by atoms with Gasteiger partial charge in [-0.15, -0.1) is 0 Å². The van der Waals surface area contributed by atoms with E-state index in [4.69, 9.17) is 25.4 Å². The summed E-state index contributed by atoms with van der Waals surface area (Å²) in [6, 6.07) is 9.97. The molecule has 0 unspecified atom stereocenters. The fourth-order valence-electron chi connectivity index (χ4n) is 3.99. The third-order valence-corrected chi connectivity index (χ3v) is 12.3. The molecule has 1 fully saturated rings. The van der Waals surface area contributed by atoms with E-state index in [1.165, 1.54) is 16.7 Å². The van der Waals surface area contributed by atoms with Gasteiger partial charge in [-0.3, -0.25) is 0 Å². The molecule has 10 heteroatoms. The predicted octanol–water partition coefficient (Wildman–Crippen LogP) is 7.45. The van der Waals surface area contributed by atoms with E-state index in [0.717, 1.165) is 29.8 Å². The Labute approximate surface area is 233 Å². The summed E-state index contributed by atoms with van der Waals surface area (Å²) in [5, 5.41) is 0.0512. The lowest BCUT2D eigenvalue weighted by Crippen LogP contribution is -2.40. The third-order valence-electron chi connectivity index (χ3n) is 7.47. The second-order valence-corrected chi connectivity index (χ2v) is 16.9. The molecule has 0 atom stereocenters. The van der Waals surface area contributed by atoms with E-state index in [1.807, 2.05) is 25.1 Å². The van der Waals surface area contributed by atoms with E-state index in [0.29, 0.717) is 23.8 Å². The minimum atomic E-state index is -1.99. The highest BCUT2D eigenvalue weighted by Gasteiger charge is 2.37. The van der Waals surface area contributed by atoms with Gasteiger partial charge in [0.05, 0.1) is 23.0 Å². The molecule has 7 nitrogen and oxygen atoms in total. The third kappa shape index (κ3) is 5.76. The number of hydrogen-bond donors (Lipinski definition) is 0. The quantitative estimate of drug-likeness (QED) is 0.216. The fourth-order valence-corrected chi connectivity index (χ4v) is 5.05. The molecule has 0 amide bonds. The molecule has 204 valence electrons. The monoisotopic (exact) mass is 566 g/mol. The van der Waals surface area contributed by atoms with Crippen molar-refractivity contribution in [2.75, 3.05) is 0 Å². The largest absolute Gasteiger partial charge is 0.432 e. The van der Waals surface area contributed by atoms with Crippen LogP contribution in [0.1, 0.15) is 56.5 Å². The lowest BCUT2D eigenvalue weighted by atomic mass is 10.1. The van der Waals surface area contributed by atoms with Crippen LogP contribution in [0.4, 0.5) is 4.39 Å². The number of halogens is 2. The average Bonchev–Trinajstić information content (AvgIpc) is 3.62.